The summed E-state index contributed by atoms with van der Waals surface area (Å²) in [5, 5.41) is 11.0. The average Bonchev–Trinajstić information content (AvgIpc) is 3.04. The van der Waals surface area contributed by atoms with E-state index in [4.69, 9.17) is 0 Å². The summed E-state index contributed by atoms with van der Waals surface area (Å²) in [6.07, 6.45) is 0. The number of aromatic nitrogens is 3. The molecular weight excluding hydrogens is 343 g/mol. The summed E-state index contributed by atoms with van der Waals surface area (Å²) in [6.45, 7) is 7.99. The number of hydrogen-bond acceptors (Lipinski definition) is 3. The van der Waals surface area contributed by atoms with Crippen LogP contribution in [0, 0.1) is 12.7 Å². The van der Waals surface area contributed by atoms with Gasteiger partial charge in [-0.25, -0.2) is 9.07 Å². The zero-order valence-corrected chi connectivity index (χ0v) is 15.9. The standard InChI is InChI=1S/C21H23FN4O/c1-13(2)16-5-7-17(8-6-16)14(3)23-21(27)20-15(4)26(25-24-20)19-11-9-18(22)10-12-19/h5-14H,1-4H3,(H,23,27). The number of halogens is 1. The van der Waals surface area contributed by atoms with E-state index in [1.165, 1.54) is 22.4 Å². The summed E-state index contributed by atoms with van der Waals surface area (Å²) in [4.78, 5) is 12.6. The predicted octanol–water partition coefficient (Wildman–Crippen LogP) is 4.33. The molecule has 140 valence electrons. The van der Waals surface area contributed by atoms with E-state index in [1.54, 1.807) is 19.1 Å². The van der Waals surface area contributed by atoms with E-state index in [0.29, 0.717) is 17.3 Å². The number of benzene rings is 2. The molecule has 0 fully saturated rings. The lowest BCUT2D eigenvalue weighted by Crippen LogP contribution is -2.27. The Balaban J connectivity index is 1.75. The topological polar surface area (TPSA) is 59.8 Å². The zero-order chi connectivity index (χ0) is 19.6. The summed E-state index contributed by atoms with van der Waals surface area (Å²) in [7, 11) is 0. The number of hydrogen-bond donors (Lipinski definition) is 1. The van der Waals surface area contributed by atoms with Crippen molar-refractivity contribution in [3.8, 4) is 5.69 Å². The van der Waals surface area contributed by atoms with Gasteiger partial charge in [0.25, 0.3) is 5.91 Å². The Morgan fingerprint density at radius 2 is 1.59 bits per heavy atom. The second-order valence-electron chi connectivity index (χ2n) is 6.93. The fraction of sp³-hybridized carbons (Fsp3) is 0.286. The number of rotatable bonds is 5. The summed E-state index contributed by atoms with van der Waals surface area (Å²) >= 11 is 0. The normalized spacial score (nSPS) is 12.2. The van der Waals surface area contributed by atoms with E-state index in [1.807, 2.05) is 19.1 Å². The minimum atomic E-state index is -0.327. The molecule has 0 aliphatic rings. The second kappa shape index (κ2) is 7.70. The summed E-state index contributed by atoms with van der Waals surface area (Å²) in [5.74, 6) is -0.152. The van der Waals surface area contributed by atoms with Crippen molar-refractivity contribution in [3.63, 3.8) is 0 Å². The Morgan fingerprint density at radius 3 is 2.19 bits per heavy atom. The first-order valence-corrected chi connectivity index (χ1v) is 8.95. The van der Waals surface area contributed by atoms with Crippen LogP contribution in [0.5, 0.6) is 0 Å². The number of carbonyl (C=O) groups excluding carboxylic acids is 1. The van der Waals surface area contributed by atoms with Crippen molar-refractivity contribution in [2.45, 2.75) is 39.7 Å². The minimum Gasteiger partial charge on any atom is -0.344 e. The minimum absolute atomic E-state index is 0.158. The first-order chi connectivity index (χ1) is 12.9. The fourth-order valence-electron chi connectivity index (χ4n) is 2.88. The summed E-state index contributed by atoms with van der Waals surface area (Å²) in [5.41, 5.74) is 3.79. The van der Waals surface area contributed by atoms with Gasteiger partial charge in [0.15, 0.2) is 5.69 Å². The molecule has 1 amide bonds. The first kappa shape index (κ1) is 18.8. The third kappa shape index (κ3) is 4.05. The molecule has 1 N–H and O–H groups in total. The van der Waals surface area contributed by atoms with Crippen molar-refractivity contribution >= 4 is 5.91 Å². The summed E-state index contributed by atoms with van der Waals surface area (Å²) < 4.78 is 14.6. The zero-order valence-electron chi connectivity index (χ0n) is 15.9. The molecule has 0 spiro atoms. The molecule has 0 radical (unpaired) electrons. The van der Waals surface area contributed by atoms with Crippen molar-refractivity contribution in [1.29, 1.82) is 0 Å². The lowest BCUT2D eigenvalue weighted by molar-refractivity contribution is 0.0934. The Hall–Kier alpha value is -3.02. The molecular formula is C21H23FN4O. The maximum absolute atomic E-state index is 13.1. The largest absolute Gasteiger partial charge is 0.344 e. The quantitative estimate of drug-likeness (QED) is 0.731. The molecule has 1 aromatic heterocycles. The van der Waals surface area contributed by atoms with Gasteiger partial charge >= 0.3 is 0 Å². The van der Waals surface area contributed by atoms with E-state index in [2.05, 4.69) is 41.6 Å². The lowest BCUT2D eigenvalue weighted by atomic mass is 9.99. The van der Waals surface area contributed by atoms with E-state index < -0.39 is 0 Å². The highest BCUT2D eigenvalue weighted by Crippen LogP contribution is 2.19. The fourth-order valence-corrected chi connectivity index (χ4v) is 2.88. The molecule has 0 saturated carbocycles. The molecule has 27 heavy (non-hydrogen) atoms. The van der Waals surface area contributed by atoms with Crippen LogP contribution in [-0.4, -0.2) is 20.9 Å². The van der Waals surface area contributed by atoms with Crippen LogP contribution in [0.4, 0.5) is 4.39 Å². The van der Waals surface area contributed by atoms with Crippen molar-refractivity contribution in [1.82, 2.24) is 20.3 Å². The van der Waals surface area contributed by atoms with Crippen LogP contribution in [0.15, 0.2) is 48.5 Å². The van der Waals surface area contributed by atoms with Crippen LogP contribution in [0.1, 0.15) is 60.0 Å². The Kier molecular flexibility index (Phi) is 5.35. The molecule has 3 aromatic rings. The van der Waals surface area contributed by atoms with Gasteiger partial charge in [0.1, 0.15) is 5.82 Å². The molecule has 1 atom stereocenters. The monoisotopic (exact) mass is 366 g/mol. The van der Waals surface area contributed by atoms with Gasteiger partial charge in [0, 0.05) is 0 Å². The van der Waals surface area contributed by atoms with Gasteiger partial charge in [-0.1, -0.05) is 43.3 Å². The molecule has 0 aliphatic carbocycles. The molecule has 5 nitrogen and oxygen atoms in total. The van der Waals surface area contributed by atoms with Crippen molar-refractivity contribution < 1.29 is 9.18 Å². The maximum atomic E-state index is 13.1. The predicted molar refractivity (Wildman–Crippen MR) is 102 cm³/mol. The van der Waals surface area contributed by atoms with Crippen LogP contribution in [0.3, 0.4) is 0 Å². The van der Waals surface area contributed by atoms with Gasteiger partial charge in [-0.15, -0.1) is 5.10 Å². The highest BCUT2D eigenvalue weighted by atomic mass is 19.1. The number of carbonyl (C=O) groups is 1. The molecule has 0 aliphatic heterocycles. The van der Waals surface area contributed by atoms with E-state index >= 15 is 0 Å². The van der Waals surface area contributed by atoms with Crippen molar-refractivity contribution in [2.24, 2.45) is 0 Å². The lowest BCUT2D eigenvalue weighted by Gasteiger charge is -2.15. The van der Waals surface area contributed by atoms with E-state index in [9.17, 15) is 9.18 Å². The first-order valence-electron chi connectivity index (χ1n) is 8.95. The summed E-state index contributed by atoms with van der Waals surface area (Å²) in [6, 6.07) is 13.9. The number of amides is 1. The van der Waals surface area contributed by atoms with Crippen LogP contribution in [0.25, 0.3) is 5.69 Å². The maximum Gasteiger partial charge on any atom is 0.274 e. The molecule has 0 saturated heterocycles. The molecule has 1 unspecified atom stereocenters. The van der Waals surface area contributed by atoms with Crippen LogP contribution < -0.4 is 5.32 Å². The third-order valence-corrected chi connectivity index (χ3v) is 4.63. The van der Waals surface area contributed by atoms with Gasteiger partial charge in [-0.2, -0.15) is 0 Å². The number of nitrogens with one attached hydrogen (secondary N) is 1. The van der Waals surface area contributed by atoms with E-state index in [-0.39, 0.29) is 23.5 Å². The number of nitrogens with zero attached hydrogens (tertiary/aromatic N) is 3. The van der Waals surface area contributed by atoms with Crippen molar-refractivity contribution in [2.75, 3.05) is 0 Å². The molecule has 1 heterocycles. The molecule has 0 bridgehead atoms. The Morgan fingerprint density at radius 1 is 1.00 bits per heavy atom. The van der Waals surface area contributed by atoms with Crippen LogP contribution >= 0.6 is 0 Å². The smallest absolute Gasteiger partial charge is 0.274 e. The van der Waals surface area contributed by atoms with Gasteiger partial charge in [0.2, 0.25) is 0 Å². The van der Waals surface area contributed by atoms with Gasteiger partial charge in [-0.05, 0) is 55.2 Å². The highest BCUT2D eigenvalue weighted by Gasteiger charge is 2.19. The van der Waals surface area contributed by atoms with Crippen molar-refractivity contribution in [3.05, 3.63) is 76.9 Å². The Labute approximate surface area is 158 Å². The SMILES string of the molecule is Cc1c(C(=O)NC(C)c2ccc(C(C)C)cc2)nnn1-c1ccc(F)cc1. The third-order valence-electron chi connectivity index (χ3n) is 4.63. The average molecular weight is 366 g/mol. The highest BCUT2D eigenvalue weighted by molar-refractivity contribution is 5.93. The van der Waals surface area contributed by atoms with Gasteiger partial charge in [-0.3, -0.25) is 4.79 Å². The van der Waals surface area contributed by atoms with Gasteiger partial charge < -0.3 is 5.32 Å². The van der Waals surface area contributed by atoms with E-state index in [0.717, 1.165) is 5.56 Å². The molecule has 2 aromatic carbocycles. The second-order valence-corrected chi connectivity index (χ2v) is 6.93. The molecule has 6 heteroatoms. The van der Waals surface area contributed by atoms with Gasteiger partial charge in [0.05, 0.1) is 17.4 Å². The van der Waals surface area contributed by atoms with Crippen LogP contribution in [-0.2, 0) is 0 Å². The Bertz CT molecular complexity index is 930. The molecule has 3 rings (SSSR count). The van der Waals surface area contributed by atoms with Crippen LogP contribution in [0.2, 0.25) is 0 Å².